The molecule has 0 aliphatic rings. The van der Waals surface area contributed by atoms with E-state index in [1.165, 1.54) is 17.7 Å². The van der Waals surface area contributed by atoms with Crippen LogP contribution in [-0.4, -0.2) is 20.8 Å². The second-order valence-corrected chi connectivity index (χ2v) is 6.11. The molecule has 1 aromatic carbocycles. The van der Waals surface area contributed by atoms with Crippen molar-refractivity contribution in [2.24, 2.45) is 12.2 Å². The van der Waals surface area contributed by atoms with Crippen LogP contribution in [0.2, 0.25) is 5.02 Å². The number of halogens is 2. The van der Waals surface area contributed by atoms with Gasteiger partial charge in [0.05, 0.1) is 22.0 Å². The maximum absolute atomic E-state index is 14.4. The summed E-state index contributed by atoms with van der Waals surface area (Å²) >= 11 is 5.90. The number of carbonyl (C=O) groups is 1. The third-order valence-electron chi connectivity index (χ3n) is 3.59. The lowest BCUT2D eigenvalue weighted by Gasteiger charge is -2.12. The van der Waals surface area contributed by atoms with Crippen LogP contribution < -0.4 is 11.2 Å². The Labute approximate surface area is 153 Å². The minimum atomic E-state index is -0.937. The second-order valence-electron chi connectivity index (χ2n) is 5.71. The van der Waals surface area contributed by atoms with E-state index in [1.807, 2.05) is 0 Å². The topological polar surface area (TPSA) is 82.7 Å². The van der Waals surface area contributed by atoms with Crippen molar-refractivity contribution in [1.82, 2.24) is 9.13 Å². The number of nitrogens with zero attached hydrogens (tertiary/aromatic N) is 3. The molecule has 7 nitrogen and oxygen atoms in total. The van der Waals surface area contributed by atoms with Crippen LogP contribution in [0.15, 0.2) is 32.9 Å². The number of aryl methyl sites for hydroxylation is 1. The molecule has 0 spiro atoms. The number of hydrogen-bond donors (Lipinski definition) is 0. The van der Waals surface area contributed by atoms with Gasteiger partial charge in [0.15, 0.2) is 0 Å². The van der Waals surface area contributed by atoms with E-state index in [4.69, 9.17) is 16.4 Å². The van der Waals surface area contributed by atoms with Crippen LogP contribution in [0.4, 0.5) is 4.39 Å². The van der Waals surface area contributed by atoms with Crippen LogP contribution in [0.25, 0.3) is 5.69 Å². The number of aromatic nitrogens is 2. The Morgan fingerprint density at radius 3 is 2.50 bits per heavy atom. The van der Waals surface area contributed by atoms with Crippen LogP contribution in [-0.2, 0) is 18.3 Å². The summed E-state index contributed by atoms with van der Waals surface area (Å²) in [5, 5.41) is 3.29. The molecule has 0 bridgehead atoms. The van der Waals surface area contributed by atoms with E-state index in [0.717, 1.165) is 12.1 Å². The van der Waals surface area contributed by atoms with Crippen LogP contribution >= 0.6 is 11.6 Å². The molecule has 0 saturated carbocycles. The second kappa shape index (κ2) is 7.65. The molecule has 0 N–H and O–H groups in total. The molecule has 2 aromatic rings. The van der Waals surface area contributed by atoms with Gasteiger partial charge in [-0.3, -0.25) is 4.79 Å². The van der Waals surface area contributed by atoms with Gasteiger partial charge in [-0.2, -0.15) is 0 Å². The van der Waals surface area contributed by atoms with E-state index < -0.39 is 28.7 Å². The molecule has 1 heterocycles. The zero-order valence-electron chi connectivity index (χ0n) is 14.7. The molecule has 2 rings (SSSR count). The molecule has 138 valence electrons. The predicted molar refractivity (Wildman–Crippen MR) is 95.8 cm³/mol. The highest BCUT2D eigenvalue weighted by molar-refractivity contribution is 6.33. The summed E-state index contributed by atoms with van der Waals surface area (Å²) in [6.07, 6.45) is 0.455. The van der Waals surface area contributed by atoms with Gasteiger partial charge in [0.25, 0.3) is 5.56 Å². The quantitative estimate of drug-likeness (QED) is 0.462. The molecule has 1 aromatic heterocycles. The predicted octanol–water partition coefficient (Wildman–Crippen LogP) is 2.44. The molecule has 0 aliphatic heterocycles. The summed E-state index contributed by atoms with van der Waals surface area (Å²) in [6.45, 7) is 5.01. The molecule has 26 heavy (non-hydrogen) atoms. The van der Waals surface area contributed by atoms with E-state index in [1.54, 1.807) is 20.8 Å². The van der Waals surface area contributed by atoms with Gasteiger partial charge in [0.1, 0.15) is 5.82 Å². The Kier molecular flexibility index (Phi) is 5.76. The van der Waals surface area contributed by atoms with Gasteiger partial charge < -0.3 is 9.40 Å². The maximum Gasteiger partial charge on any atom is 0.367 e. The third-order valence-corrected chi connectivity index (χ3v) is 3.90. The number of oxime groups is 1. The Morgan fingerprint density at radius 1 is 1.27 bits per heavy atom. The lowest BCUT2D eigenvalue weighted by atomic mass is 10.2. The highest BCUT2D eigenvalue weighted by Crippen LogP contribution is 2.23. The summed E-state index contributed by atoms with van der Waals surface area (Å²) in [4.78, 5) is 41.6. The van der Waals surface area contributed by atoms with Crippen LogP contribution in [0.1, 0.15) is 36.8 Å². The Balaban J connectivity index is 2.69. The van der Waals surface area contributed by atoms with Crippen LogP contribution in [0, 0.1) is 5.82 Å². The first-order valence-electron chi connectivity index (χ1n) is 7.71. The fourth-order valence-corrected chi connectivity index (χ4v) is 2.51. The number of hydrogen-bond acceptors (Lipinski definition) is 5. The summed E-state index contributed by atoms with van der Waals surface area (Å²) < 4.78 is 16.3. The molecule has 0 radical (unpaired) electrons. The molecule has 0 fully saturated rings. The average Bonchev–Trinajstić information content (AvgIpc) is 2.57. The van der Waals surface area contributed by atoms with Crippen molar-refractivity contribution in [3.05, 3.63) is 61.1 Å². The summed E-state index contributed by atoms with van der Waals surface area (Å²) in [5.74, 6) is -1.86. The molecule has 0 saturated heterocycles. The zero-order chi connectivity index (χ0) is 19.6. The summed E-state index contributed by atoms with van der Waals surface area (Å²) in [5.41, 5.74) is -1.09. The van der Waals surface area contributed by atoms with Crippen molar-refractivity contribution < 1.29 is 14.0 Å². The monoisotopic (exact) mass is 381 g/mol. The fourth-order valence-electron chi connectivity index (χ4n) is 2.28. The van der Waals surface area contributed by atoms with Crippen molar-refractivity contribution in [2.45, 2.75) is 27.2 Å². The lowest BCUT2D eigenvalue weighted by Crippen LogP contribution is -2.39. The Morgan fingerprint density at radius 2 is 1.92 bits per heavy atom. The maximum atomic E-state index is 14.4. The summed E-state index contributed by atoms with van der Waals surface area (Å²) in [6, 6.07) is 3.07. The SMILES string of the molecule is CCc1cc(=O)n(-c2cc(C(=O)ON=C(C)C)c(Cl)cc2F)c(=O)n1C. The van der Waals surface area contributed by atoms with Crippen LogP contribution in [0.3, 0.4) is 0 Å². The minimum absolute atomic E-state index is 0.221. The highest BCUT2D eigenvalue weighted by Gasteiger charge is 2.20. The van der Waals surface area contributed by atoms with Crippen molar-refractivity contribution >= 4 is 23.3 Å². The van der Waals surface area contributed by atoms with Gasteiger partial charge in [-0.05, 0) is 32.4 Å². The normalized spacial score (nSPS) is 10.5. The Hall–Kier alpha value is -2.74. The first kappa shape index (κ1) is 19.6. The van der Waals surface area contributed by atoms with Crippen molar-refractivity contribution in [3.63, 3.8) is 0 Å². The van der Waals surface area contributed by atoms with Crippen molar-refractivity contribution in [3.8, 4) is 5.69 Å². The van der Waals surface area contributed by atoms with Gasteiger partial charge in [-0.15, -0.1) is 0 Å². The van der Waals surface area contributed by atoms with E-state index >= 15 is 0 Å². The van der Waals surface area contributed by atoms with E-state index in [9.17, 15) is 18.8 Å². The third kappa shape index (κ3) is 3.75. The molecule has 0 unspecified atom stereocenters. The summed E-state index contributed by atoms with van der Waals surface area (Å²) in [7, 11) is 1.47. The van der Waals surface area contributed by atoms with E-state index in [2.05, 4.69) is 5.16 Å². The molecular formula is C17H17ClFN3O4. The molecule has 0 atom stereocenters. The van der Waals surface area contributed by atoms with E-state index in [0.29, 0.717) is 22.4 Å². The Bertz CT molecular complexity index is 1020. The molecular weight excluding hydrogens is 365 g/mol. The van der Waals surface area contributed by atoms with Crippen LogP contribution in [0.5, 0.6) is 0 Å². The number of benzene rings is 1. The van der Waals surface area contributed by atoms with Crippen molar-refractivity contribution in [1.29, 1.82) is 0 Å². The lowest BCUT2D eigenvalue weighted by molar-refractivity contribution is 0.0516. The van der Waals surface area contributed by atoms with Crippen molar-refractivity contribution in [2.75, 3.05) is 0 Å². The molecule has 0 amide bonds. The van der Waals surface area contributed by atoms with Gasteiger partial charge in [-0.1, -0.05) is 23.7 Å². The first-order valence-corrected chi connectivity index (χ1v) is 8.09. The van der Waals surface area contributed by atoms with E-state index in [-0.39, 0.29) is 10.6 Å². The van der Waals surface area contributed by atoms with Gasteiger partial charge >= 0.3 is 11.7 Å². The number of carbonyl (C=O) groups excluding carboxylic acids is 1. The zero-order valence-corrected chi connectivity index (χ0v) is 15.4. The van der Waals surface area contributed by atoms with Gasteiger partial charge in [0.2, 0.25) is 0 Å². The minimum Gasteiger partial charge on any atom is -0.313 e. The first-order chi connectivity index (χ1) is 12.2. The van der Waals surface area contributed by atoms with Gasteiger partial charge in [-0.25, -0.2) is 18.5 Å². The largest absolute Gasteiger partial charge is 0.367 e. The molecule has 9 heteroatoms. The van der Waals surface area contributed by atoms with Gasteiger partial charge in [0, 0.05) is 18.8 Å². The fraction of sp³-hybridized carbons (Fsp3) is 0.294. The molecule has 0 aliphatic carbocycles. The number of rotatable bonds is 4. The average molecular weight is 382 g/mol. The smallest absolute Gasteiger partial charge is 0.313 e. The highest BCUT2D eigenvalue weighted by atomic mass is 35.5. The standard InChI is InChI=1S/C17H17ClFN3O4/c1-5-10-6-15(23)22(17(25)21(10)4)14-7-11(12(18)8-13(14)19)16(24)26-20-9(2)3/h6-8H,5H2,1-4H3.